The van der Waals surface area contributed by atoms with Gasteiger partial charge in [-0.3, -0.25) is 9.10 Å². The molecule has 1 N–H and O–H groups in total. The van der Waals surface area contributed by atoms with Crippen LogP contribution in [0.1, 0.15) is 16.7 Å². The fourth-order valence-electron chi connectivity index (χ4n) is 2.95. The largest absolute Gasteiger partial charge is 0.326 e. The Kier molecular flexibility index (Phi) is 6.48. The Morgan fingerprint density at radius 1 is 0.967 bits per heavy atom. The van der Waals surface area contributed by atoms with Crippen molar-refractivity contribution in [2.75, 3.05) is 16.7 Å². The van der Waals surface area contributed by atoms with Gasteiger partial charge in [0.2, 0.25) is 5.91 Å². The molecule has 156 valence electrons. The summed E-state index contributed by atoms with van der Waals surface area (Å²) in [5.74, 6) is -0.172. The number of carbonyl (C=O) groups excluding carboxylic acids is 1. The molecule has 0 fully saturated rings. The van der Waals surface area contributed by atoms with E-state index in [2.05, 4.69) is 5.32 Å². The van der Waals surface area contributed by atoms with Crippen molar-refractivity contribution in [2.24, 2.45) is 0 Å². The van der Waals surface area contributed by atoms with Crippen LogP contribution < -0.4 is 9.62 Å². The Labute approximate surface area is 182 Å². The van der Waals surface area contributed by atoms with Gasteiger partial charge in [0.25, 0.3) is 10.0 Å². The van der Waals surface area contributed by atoms with Crippen LogP contribution in [0.25, 0.3) is 0 Å². The van der Waals surface area contributed by atoms with Gasteiger partial charge in [0.15, 0.2) is 0 Å². The van der Waals surface area contributed by atoms with Gasteiger partial charge < -0.3 is 5.32 Å². The van der Waals surface area contributed by atoms with E-state index in [9.17, 15) is 13.2 Å². The number of carbonyl (C=O) groups is 1. The van der Waals surface area contributed by atoms with Crippen LogP contribution in [-0.4, -0.2) is 21.4 Å². The zero-order valence-electron chi connectivity index (χ0n) is 17.0. The standard InChI is InChI=1S/C23H23ClN2O3S/c1-16-7-13-20(14-8-16)30(28,29)26(3)19-11-9-18(10-12-19)15-23(27)25-22-6-4-5-21(24)17(22)2/h4-14H,15H2,1-3H3,(H,25,27). The van der Waals surface area contributed by atoms with Gasteiger partial charge in [-0.15, -0.1) is 0 Å². The number of aryl methyl sites for hydroxylation is 1. The van der Waals surface area contributed by atoms with Gasteiger partial charge in [-0.1, -0.05) is 47.5 Å². The maximum Gasteiger partial charge on any atom is 0.264 e. The molecule has 3 aromatic carbocycles. The summed E-state index contributed by atoms with van der Waals surface area (Å²) in [6, 6.07) is 19.0. The van der Waals surface area contributed by atoms with E-state index in [-0.39, 0.29) is 17.2 Å². The topological polar surface area (TPSA) is 66.5 Å². The smallest absolute Gasteiger partial charge is 0.264 e. The minimum atomic E-state index is -3.65. The van der Waals surface area contributed by atoms with Gasteiger partial charge in [-0.05, 0) is 61.4 Å². The third-order valence-electron chi connectivity index (χ3n) is 4.89. The Morgan fingerprint density at radius 2 is 1.60 bits per heavy atom. The van der Waals surface area contributed by atoms with Crippen LogP contribution in [-0.2, 0) is 21.2 Å². The summed E-state index contributed by atoms with van der Waals surface area (Å²) in [5, 5.41) is 3.45. The van der Waals surface area contributed by atoms with E-state index in [1.807, 2.05) is 13.8 Å². The van der Waals surface area contributed by atoms with Crippen molar-refractivity contribution in [3.63, 3.8) is 0 Å². The number of nitrogens with one attached hydrogen (secondary N) is 1. The molecule has 0 aliphatic heterocycles. The van der Waals surface area contributed by atoms with Crippen LogP contribution in [0.15, 0.2) is 71.6 Å². The number of sulfonamides is 1. The van der Waals surface area contributed by atoms with Crippen molar-refractivity contribution >= 4 is 38.9 Å². The molecule has 7 heteroatoms. The zero-order valence-corrected chi connectivity index (χ0v) is 18.6. The fourth-order valence-corrected chi connectivity index (χ4v) is 4.32. The molecule has 3 rings (SSSR count). The number of amides is 1. The molecular weight excluding hydrogens is 420 g/mol. The second-order valence-electron chi connectivity index (χ2n) is 7.09. The number of anilines is 2. The summed E-state index contributed by atoms with van der Waals surface area (Å²) in [7, 11) is -2.14. The van der Waals surface area contributed by atoms with Gasteiger partial charge in [-0.2, -0.15) is 0 Å². The summed E-state index contributed by atoms with van der Waals surface area (Å²) in [5.41, 5.74) is 3.77. The lowest BCUT2D eigenvalue weighted by Gasteiger charge is -2.20. The average Bonchev–Trinajstić information content (AvgIpc) is 2.72. The summed E-state index contributed by atoms with van der Waals surface area (Å²) in [6.45, 7) is 3.75. The third-order valence-corrected chi connectivity index (χ3v) is 7.10. The van der Waals surface area contributed by atoms with Crippen molar-refractivity contribution in [2.45, 2.75) is 25.2 Å². The predicted octanol–water partition coefficient (Wildman–Crippen LogP) is 4.96. The molecule has 0 saturated carbocycles. The molecule has 0 aliphatic carbocycles. The van der Waals surface area contributed by atoms with Gasteiger partial charge >= 0.3 is 0 Å². The van der Waals surface area contributed by atoms with E-state index < -0.39 is 10.0 Å². The first kappa shape index (κ1) is 21.9. The Morgan fingerprint density at radius 3 is 2.23 bits per heavy atom. The van der Waals surface area contributed by atoms with E-state index in [1.165, 1.54) is 11.4 Å². The molecular formula is C23H23ClN2O3S. The van der Waals surface area contributed by atoms with Gasteiger partial charge in [0.1, 0.15) is 0 Å². The predicted molar refractivity (Wildman–Crippen MR) is 122 cm³/mol. The molecule has 0 aromatic heterocycles. The van der Waals surface area contributed by atoms with Crippen LogP contribution in [0.2, 0.25) is 5.02 Å². The SMILES string of the molecule is Cc1ccc(S(=O)(=O)N(C)c2ccc(CC(=O)Nc3cccc(Cl)c3C)cc2)cc1. The number of hydrogen-bond acceptors (Lipinski definition) is 3. The number of rotatable bonds is 6. The van der Waals surface area contributed by atoms with Crippen LogP contribution >= 0.6 is 11.6 Å². The molecule has 3 aromatic rings. The minimum Gasteiger partial charge on any atom is -0.326 e. The van der Waals surface area contributed by atoms with Crippen LogP contribution in [0, 0.1) is 13.8 Å². The fraction of sp³-hybridized carbons (Fsp3) is 0.174. The second-order valence-corrected chi connectivity index (χ2v) is 9.47. The van der Waals surface area contributed by atoms with E-state index in [0.717, 1.165) is 16.7 Å². The highest BCUT2D eigenvalue weighted by Gasteiger charge is 2.21. The van der Waals surface area contributed by atoms with Crippen molar-refractivity contribution in [1.29, 1.82) is 0 Å². The van der Waals surface area contributed by atoms with Gasteiger partial charge in [-0.25, -0.2) is 8.42 Å². The third kappa shape index (κ3) is 4.83. The van der Waals surface area contributed by atoms with Crippen molar-refractivity contribution in [1.82, 2.24) is 0 Å². The lowest BCUT2D eigenvalue weighted by atomic mass is 10.1. The van der Waals surface area contributed by atoms with Crippen LogP contribution in [0.5, 0.6) is 0 Å². The first-order valence-corrected chi connectivity index (χ1v) is 11.2. The maximum atomic E-state index is 12.8. The summed E-state index contributed by atoms with van der Waals surface area (Å²) < 4.78 is 26.9. The number of nitrogens with zero attached hydrogens (tertiary/aromatic N) is 1. The van der Waals surface area contributed by atoms with E-state index >= 15 is 0 Å². The Bertz CT molecular complexity index is 1160. The highest BCUT2D eigenvalue weighted by Crippen LogP contribution is 2.24. The first-order chi connectivity index (χ1) is 14.2. The number of benzene rings is 3. The molecule has 0 unspecified atom stereocenters. The molecule has 0 heterocycles. The van der Waals surface area contributed by atoms with E-state index in [1.54, 1.807) is 66.7 Å². The van der Waals surface area contributed by atoms with Crippen molar-refractivity contribution < 1.29 is 13.2 Å². The van der Waals surface area contributed by atoms with E-state index in [4.69, 9.17) is 11.6 Å². The average molecular weight is 443 g/mol. The first-order valence-electron chi connectivity index (χ1n) is 9.38. The van der Waals surface area contributed by atoms with E-state index in [0.29, 0.717) is 16.4 Å². The van der Waals surface area contributed by atoms with Crippen molar-refractivity contribution in [3.8, 4) is 0 Å². The Hall–Kier alpha value is -2.83. The molecule has 0 spiro atoms. The minimum absolute atomic E-state index is 0.167. The monoisotopic (exact) mass is 442 g/mol. The van der Waals surface area contributed by atoms with Crippen LogP contribution in [0.4, 0.5) is 11.4 Å². The normalized spacial score (nSPS) is 11.2. The highest BCUT2D eigenvalue weighted by molar-refractivity contribution is 7.92. The van der Waals surface area contributed by atoms with Crippen LogP contribution in [0.3, 0.4) is 0 Å². The lowest BCUT2D eigenvalue weighted by molar-refractivity contribution is -0.115. The Balaban J connectivity index is 1.70. The number of hydrogen-bond donors (Lipinski definition) is 1. The molecule has 30 heavy (non-hydrogen) atoms. The highest BCUT2D eigenvalue weighted by atomic mass is 35.5. The second kappa shape index (κ2) is 8.90. The maximum absolute atomic E-state index is 12.8. The molecule has 1 amide bonds. The molecule has 0 bridgehead atoms. The summed E-state index contributed by atoms with van der Waals surface area (Å²) in [4.78, 5) is 12.6. The van der Waals surface area contributed by atoms with Crippen molar-refractivity contribution in [3.05, 3.63) is 88.4 Å². The number of halogens is 1. The quantitative estimate of drug-likeness (QED) is 0.586. The van der Waals surface area contributed by atoms with Gasteiger partial charge in [0.05, 0.1) is 17.0 Å². The summed E-state index contributed by atoms with van der Waals surface area (Å²) in [6.07, 6.45) is 0.167. The summed E-state index contributed by atoms with van der Waals surface area (Å²) >= 11 is 6.09. The molecule has 0 atom stereocenters. The molecule has 0 radical (unpaired) electrons. The zero-order chi connectivity index (χ0) is 21.9. The van der Waals surface area contributed by atoms with Gasteiger partial charge in [0, 0.05) is 17.8 Å². The molecule has 0 aliphatic rings. The molecule has 5 nitrogen and oxygen atoms in total. The lowest BCUT2D eigenvalue weighted by Crippen LogP contribution is -2.26. The molecule has 0 saturated heterocycles.